The van der Waals surface area contributed by atoms with Crippen LogP contribution in [0.3, 0.4) is 0 Å². The van der Waals surface area contributed by atoms with Crippen LogP contribution >= 0.6 is 11.6 Å². The molecule has 100 valence electrons. The van der Waals surface area contributed by atoms with Gasteiger partial charge in [0.2, 0.25) is 11.2 Å². The molecule has 0 radical (unpaired) electrons. The van der Waals surface area contributed by atoms with E-state index in [0.717, 1.165) is 0 Å². The summed E-state index contributed by atoms with van der Waals surface area (Å²) in [6.45, 7) is 1.47. The van der Waals surface area contributed by atoms with Crippen LogP contribution in [0.2, 0.25) is 5.28 Å². The van der Waals surface area contributed by atoms with E-state index in [1.54, 1.807) is 0 Å². The molecular weight excluding hydrogens is 273 g/mol. The lowest BCUT2D eigenvalue weighted by Crippen LogP contribution is -2.35. The Morgan fingerprint density at radius 2 is 2.06 bits per heavy atom. The van der Waals surface area contributed by atoms with Gasteiger partial charge in [-0.05, 0) is 18.5 Å². The summed E-state index contributed by atoms with van der Waals surface area (Å²) in [5.41, 5.74) is -1.17. The molecule has 0 aromatic carbocycles. The molecule has 0 aliphatic rings. The second-order valence-corrected chi connectivity index (χ2v) is 3.72. The molecule has 5 nitrogen and oxygen atoms in total. The lowest BCUT2D eigenvalue weighted by atomic mass is 10.3. The number of aromatic nitrogens is 2. The number of nitrogens with one attached hydrogen (secondary N) is 2. The van der Waals surface area contributed by atoms with E-state index in [0.29, 0.717) is 6.07 Å². The van der Waals surface area contributed by atoms with Gasteiger partial charge in [0, 0.05) is 13.1 Å². The fourth-order valence-corrected chi connectivity index (χ4v) is 1.32. The minimum atomic E-state index is -4.63. The molecule has 0 spiro atoms. The molecule has 1 heterocycles. The van der Waals surface area contributed by atoms with E-state index >= 15 is 0 Å². The quantitative estimate of drug-likeness (QED) is 0.828. The van der Waals surface area contributed by atoms with Crippen LogP contribution in [0.15, 0.2) is 6.07 Å². The zero-order valence-corrected chi connectivity index (χ0v) is 10.2. The Labute approximate surface area is 106 Å². The molecule has 1 amide bonds. The maximum atomic E-state index is 12.5. The summed E-state index contributed by atoms with van der Waals surface area (Å²) >= 11 is 5.39. The van der Waals surface area contributed by atoms with Gasteiger partial charge in [-0.1, -0.05) is 0 Å². The molecule has 0 saturated carbocycles. The highest BCUT2D eigenvalue weighted by Crippen LogP contribution is 2.29. The molecule has 18 heavy (non-hydrogen) atoms. The number of amides is 1. The van der Waals surface area contributed by atoms with Crippen LogP contribution in [0.5, 0.6) is 0 Å². The van der Waals surface area contributed by atoms with E-state index < -0.39 is 29.1 Å². The Bertz CT molecular complexity index is 452. The highest BCUT2D eigenvalue weighted by molar-refractivity contribution is 6.28. The number of hydrogen-bond donors (Lipinski definition) is 2. The van der Waals surface area contributed by atoms with Crippen molar-refractivity contribution >= 4 is 23.3 Å². The molecule has 0 fully saturated rings. The molecule has 0 saturated heterocycles. The fraction of sp³-hybridized carbons (Fsp3) is 0.444. The van der Waals surface area contributed by atoms with Gasteiger partial charge in [0.1, 0.15) is 11.9 Å². The maximum Gasteiger partial charge on any atom is 0.433 e. The third kappa shape index (κ3) is 3.73. The SMILES string of the molecule is CNC(=O)C(C)Nc1cc(C(F)(F)F)nc(Cl)n1. The Morgan fingerprint density at radius 3 is 2.56 bits per heavy atom. The average molecular weight is 283 g/mol. The predicted octanol–water partition coefficient (Wildman–Crippen LogP) is 1.70. The summed E-state index contributed by atoms with van der Waals surface area (Å²) in [4.78, 5) is 17.8. The molecule has 1 aromatic rings. The van der Waals surface area contributed by atoms with E-state index in [-0.39, 0.29) is 5.82 Å². The Morgan fingerprint density at radius 1 is 1.44 bits per heavy atom. The summed E-state index contributed by atoms with van der Waals surface area (Å²) in [7, 11) is 1.41. The first-order chi connectivity index (χ1) is 8.24. The second-order valence-electron chi connectivity index (χ2n) is 3.39. The van der Waals surface area contributed by atoms with Crippen LogP contribution < -0.4 is 10.6 Å². The summed E-state index contributed by atoms with van der Waals surface area (Å²) in [5, 5.41) is 4.30. The van der Waals surface area contributed by atoms with E-state index in [2.05, 4.69) is 20.6 Å². The number of carbonyl (C=O) groups excluding carboxylic acids is 1. The monoisotopic (exact) mass is 282 g/mol. The summed E-state index contributed by atoms with van der Waals surface area (Å²) in [5.74, 6) is -0.559. The van der Waals surface area contributed by atoms with Gasteiger partial charge in [-0.3, -0.25) is 4.79 Å². The molecule has 0 aliphatic carbocycles. The highest BCUT2D eigenvalue weighted by atomic mass is 35.5. The molecule has 1 atom stereocenters. The topological polar surface area (TPSA) is 66.9 Å². The van der Waals surface area contributed by atoms with Gasteiger partial charge in [0.25, 0.3) is 0 Å². The van der Waals surface area contributed by atoms with E-state index in [9.17, 15) is 18.0 Å². The van der Waals surface area contributed by atoms with Crippen molar-refractivity contribution in [2.75, 3.05) is 12.4 Å². The number of anilines is 1. The third-order valence-electron chi connectivity index (χ3n) is 1.99. The van der Waals surface area contributed by atoms with Gasteiger partial charge in [-0.25, -0.2) is 9.97 Å². The molecule has 1 rings (SSSR count). The lowest BCUT2D eigenvalue weighted by molar-refractivity contribution is -0.141. The normalized spacial score (nSPS) is 13.0. The average Bonchev–Trinajstić information content (AvgIpc) is 2.25. The number of likely N-dealkylation sites (N-methyl/N-ethyl adjacent to an activating group) is 1. The molecule has 1 aromatic heterocycles. The summed E-state index contributed by atoms with van der Waals surface area (Å²) in [6, 6.07) is -0.0623. The van der Waals surface area contributed by atoms with Gasteiger partial charge >= 0.3 is 6.18 Å². The van der Waals surface area contributed by atoms with E-state index in [1.807, 2.05) is 0 Å². The van der Waals surface area contributed by atoms with Crippen LogP contribution in [0.25, 0.3) is 0 Å². The van der Waals surface area contributed by atoms with Crippen molar-refractivity contribution in [1.29, 1.82) is 0 Å². The number of carbonyl (C=O) groups is 1. The zero-order chi connectivity index (χ0) is 13.9. The van der Waals surface area contributed by atoms with Crippen molar-refractivity contribution in [2.24, 2.45) is 0 Å². The minimum Gasteiger partial charge on any atom is -0.358 e. The van der Waals surface area contributed by atoms with Gasteiger partial charge in [-0.2, -0.15) is 13.2 Å². The smallest absolute Gasteiger partial charge is 0.358 e. The second kappa shape index (κ2) is 5.38. The number of halogens is 4. The van der Waals surface area contributed by atoms with E-state index in [4.69, 9.17) is 11.6 Å². The molecule has 1 unspecified atom stereocenters. The zero-order valence-electron chi connectivity index (χ0n) is 9.47. The number of hydrogen-bond acceptors (Lipinski definition) is 4. The third-order valence-corrected chi connectivity index (χ3v) is 2.16. The molecule has 0 aliphatic heterocycles. The molecular formula is C9H10ClF3N4O. The van der Waals surface area contributed by atoms with Crippen molar-refractivity contribution in [3.63, 3.8) is 0 Å². The molecule has 9 heteroatoms. The Hall–Kier alpha value is -1.57. The van der Waals surface area contributed by atoms with Crippen LogP contribution in [-0.4, -0.2) is 29.0 Å². The molecule has 2 N–H and O–H groups in total. The van der Waals surface area contributed by atoms with Crippen LogP contribution in [0.4, 0.5) is 19.0 Å². The van der Waals surface area contributed by atoms with Gasteiger partial charge in [0.05, 0.1) is 0 Å². The summed E-state index contributed by atoms with van der Waals surface area (Å²) < 4.78 is 37.4. The first-order valence-electron chi connectivity index (χ1n) is 4.84. The standard InChI is InChI=1S/C9H10ClF3N4O/c1-4(7(18)14-2)15-6-3-5(9(11,12)13)16-8(10)17-6/h3-4H,1-2H3,(H,14,18)(H,15,16,17). The van der Waals surface area contributed by atoms with Crippen molar-refractivity contribution < 1.29 is 18.0 Å². The van der Waals surface area contributed by atoms with Gasteiger partial charge in [0.15, 0.2) is 5.69 Å². The predicted molar refractivity (Wildman–Crippen MR) is 59.2 cm³/mol. The fourth-order valence-electron chi connectivity index (χ4n) is 1.14. The highest BCUT2D eigenvalue weighted by Gasteiger charge is 2.33. The van der Waals surface area contributed by atoms with Crippen molar-refractivity contribution in [1.82, 2.24) is 15.3 Å². The first kappa shape index (κ1) is 14.5. The van der Waals surface area contributed by atoms with Gasteiger partial charge < -0.3 is 10.6 Å². The van der Waals surface area contributed by atoms with Crippen molar-refractivity contribution in [3.05, 3.63) is 17.0 Å². The first-order valence-corrected chi connectivity index (χ1v) is 5.21. The van der Waals surface area contributed by atoms with Crippen LogP contribution in [0.1, 0.15) is 12.6 Å². The number of alkyl halides is 3. The van der Waals surface area contributed by atoms with Crippen LogP contribution in [0, 0.1) is 0 Å². The Kier molecular flexibility index (Phi) is 4.33. The summed E-state index contributed by atoms with van der Waals surface area (Å²) in [6.07, 6.45) is -4.63. The number of nitrogens with zero attached hydrogens (tertiary/aromatic N) is 2. The van der Waals surface area contributed by atoms with Crippen molar-refractivity contribution in [2.45, 2.75) is 19.1 Å². The van der Waals surface area contributed by atoms with E-state index in [1.165, 1.54) is 14.0 Å². The molecule has 0 bridgehead atoms. The maximum absolute atomic E-state index is 12.5. The number of rotatable bonds is 3. The van der Waals surface area contributed by atoms with Gasteiger partial charge in [-0.15, -0.1) is 0 Å². The Balaban J connectivity index is 2.97. The van der Waals surface area contributed by atoms with Crippen LogP contribution in [-0.2, 0) is 11.0 Å². The minimum absolute atomic E-state index is 0.168. The van der Waals surface area contributed by atoms with Crippen molar-refractivity contribution in [3.8, 4) is 0 Å². The largest absolute Gasteiger partial charge is 0.433 e. The lowest BCUT2D eigenvalue weighted by Gasteiger charge is -2.14.